The fraction of sp³-hybridized carbons (Fsp3) is 0.727. The number of nitrogens with two attached hydrogens (primary N) is 1. The summed E-state index contributed by atoms with van der Waals surface area (Å²) in [6, 6.07) is 0. The molecule has 1 aromatic rings. The van der Waals surface area contributed by atoms with Crippen LogP contribution in [0.3, 0.4) is 0 Å². The molecule has 5 nitrogen and oxygen atoms in total. The van der Waals surface area contributed by atoms with Crippen LogP contribution in [0.2, 0.25) is 0 Å². The Morgan fingerprint density at radius 1 is 1.22 bits per heavy atom. The van der Waals surface area contributed by atoms with E-state index in [-0.39, 0.29) is 0 Å². The summed E-state index contributed by atoms with van der Waals surface area (Å²) < 4.78 is 26.2. The number of hydrogen-bond acceptors (Lipinski definition) is 4. The van der Waals surface area contributed by atoms with Crippen molar-refractivity contribution in [2.75, 3.05) is 39.3 Å². The monoisotopic (exact) mass is 259 g/mol. The molecule has 0 unspecified atom stereocenters. The third-order valence-corrected chi connectivity index (χ3v) is 3.23. The Balaban J connectivity index is 1.86. The standard InChI is InChI=1S/C11H19F2N5/c12-11(13)18-4-2-15-10(18)9-17-7-5-16(3-1-14)6-8-17/h2,4,11H,1,3,5-9,14H2. The normalized spacial score (nSPS) is 18.7. The topological polar surface area (TPSA) is 50.3 Å². The second kappa shape index (κ2) is 6.21. The molecule has 0 radical (unpaired) electrons. The number of piperazine rings is 1. The van der Waals surface area contributed by atoms with Crippen LogP contribution in [0.15, 0.2) is 12.4 Å². The molecule has 0 bridgehead atoms. The van der Waals surface area contributed by atoms with Crippen LogP contribution in [-0.4, -0.2) is 58.6 Å². The molecule has 7 heteroatoms. The summed E-state index contributed by atoms with van der Waals surface area (Å²) in [5, 5.41) is 0. The first kappa shape index (κ1) is 13.4. The summed E-state index contributed by atoms with van der Waals surface area (Å²) in [6.45, 7) is 3.15. The van der Waals surface area contributed by atoms with Crippen molar-refractivity contribution in [3.05, 3.63) is 18.2 Å². The molecule has 1 fully saturated rings. The molecule has 1 aromatic heterocycles. The predicted molar refractivity (Wildman–Crippen MR) is 64.3 cm³/mol. The van der Waals surface area contributed by atoms with E-state index < -0.39 is 6.55 Å². The Morgan fingerprint density at radius 3 is 2.50 bits per heavy atom. The Labute approximate surface area is 105 Å². The molecular weight excluding hydrogens is 240 g/mol. The molecule has 1 saturated heterocycles. The SMILES string of the molecule is NCCN1CCN(Cc2nccn2C(F)F)CC1. The van der Waals surface area contributed by atoms with Gasteiger partial charge in [-0.2, -0.15) is 8.78 Å². The van der Waals surface area contributed by atoms with E-state index >= 15 is 0 Å². The van der Waals surface area contributed by atoms with Crippen LogP contribution in [0, 0.1) is 0 Å². The second-order valence-corrected chi connectivity index (χ2v) is 4.43. The number of halogens is 2. The Bertz CT molecular complexity index is 360. The highest BCUT2D eigenvalue weighted by Crippen LogP contribution is 2.14. The van der Waals surface area contributed by atoms with E-state index in [2.05, 4.69) is 14.8 Å². The molecule has 0 atom stereocenters. The average molecular weight is 259 g/mol. The van der Waals surface area contributed by atoms with Crippen LogP contribution < -0.4 is 5.73 Å². The minimum absolute atomic E-state index is 0.428. The summed E-state index contributed by atoms with van der Waals surface area (Å²) in [7, 11) is 0. The highest BCUT2D eigenvalue weighted by Gasteiger charge is 2.19. The molecule has 1 aliphatic rings. The molecule has 18 heavy (non-hydrogen) atoms. The number of imidazole rings is 1. The van der Waals surface area contributed by atoms with Gasteiger partial charge in [-0.1, -0.05) is 0 Å². The molecule has 0 aliphatic carbocycles. The summed E-state index contributed by atoms with van der Waals surface area (Å²) >= 11 is 0. The molecular formula is C11H19F2N5. The van der Waals surface area contributed by atoms with Crippen LogP contribution in [0.4, 0.5) is 8.78 Å². The summed E-state index contributed by atoms with van der Waals surface area (Å²) in [4.78, 5) is 8.43. The van der Waals surface area contributed by atoms with Gasteiger partial charge in [0.2, 0.25) is 0 Å². The van der Waals surface area contributed by atoms with Gasteiger partial charge in [0.15, 0.2) is 0 Å². The largest absolute Gasteiger partial charge is 0.329 e. The quantitative estimate of drug-likeness (QED) is 0.829. The molecule has 0 spiro atoms. The van der Waals surface area contributed by atoms with Crippen molar-refractivity contribution in [3.8, 4) is 0 Å². The highest BCUT2D eigenvalue weighted by molar-refractivity contribution is 4.93. The first-order valence-electron chi connectivity index (χ1n) is 6.15. The van der Waals surface area contributed by atoms with Gasteiger partial charge in [-0.3, -0.25) is 14.4 Å². The second-order valence-electron chi connectivity index (χ2n) is 4.43. The van der Waals surface area contributed by atoms with Gasteiger partial charge < -0.3 is 5.73 Å². The fourth-order valence-corrected chi connectivity index (χ4v) is 2.20. The molecule has 0 amide bonds. The Kier molecular flexibility index (Phi) is 4.62. The number of rotatable bonds is 5. The number of aromatic nitrogens is 2. The van der Waals surface area contributed by atoms with Crippen LogP contribution in [-0.2, 0) is 6.54 Å². The fourth-order valence-electron chi connectivity index (χ4n) is 2.20. The average Bonchev–Trinajstić information content (AvgIpc) is 2.80. The van der Waals surface area contributed by atoms with Gasteiger partial charge in [0, 0.05) is 51.7 Å². The third-order valence-electron chi connectivity index (χ3n) is 3.23. The van der Waals surface area contributed by atoms with E-state index in [0.29, 0.717) is 18.9 Å². The van der Waals surface area contributed by atoms with E-state index in [1.807, 2.05) is 0 Å². The van der Waals surface area contributed by atoms with Crippen molar-refractivity contribution >= 4 is 0 Å². The van der Waals surface area contributed by atoms with Gasteiger partial charge in [-0.05, 0) is 0 Å². The molecule has 0 aromatic carbocycles. The lowest BCUT2D eigenvalue weighted by atomic mass is 10.3. The van der Waals surface area contributed by atoms with E-state index in [1.165, 1.54) is 12.4 Å². The number of nitrogens with zero attached hydrogens (tertiary/aromatic N) is 4. The lowest BCUT2D eigenvalue weighted by Gasteiger charge is -2.34. The summed E-state index contributed by atoms with van der Waals surface area (Å²) in [5.74, 6) is 0.428. The molecule has 2 rings (SSSR count). The third kappa shape index (κ3) is 3.24. The van der Waals surface area contributed by atoms with Crippen molar-refractivity contribution < 1.29 is 8.78 Å². The maximum Gasteiger partial charge on any atom is 0.319 e. The Hall–Kier alpha value is -1.05. The van der Waals surface area contributed by atoms with Crippen molar-refractivity contribution in [3.63, 3.8) is 0 Å². The minimum Gasteiger partial charge on any atom is -0.329 e. The van der Waals surface area contributed by atoms with Crippen LogP contribution in [0.5, 0.6) is 0 Å². The van der Waals surface area contributed by atoms with Crippen molar-refractivity contribution in [2.45, 2.75) is 13.1 Å². The lowest BCUT2D eigenvalue weighted by Crippen LogP contribution is -2.47. The van der Waals surface area contributed by atoms with E-state index in [9.17, 15) is 8.78 Å². The number of hydrogen-bond donors (Lipinski definition) is 1. The predicted octanol–water partition coefficient (Wildman–Crippen LogP) is 0.355. The summed E-state index contributed by atoms with van der Waals surface area (Å²) in [6.07, 6.45) is 2.75. The van der Waals surface area contributed by atoms with Crippen molar-refractivity contribution in [2.24, 2.45) is 5.73 Å². The highest BCUT2D eigenvalue weighted by atomic mass is 19.3. The molecule has 2 heterocycles. The molecule has 0 saturated carbocycles. The van der Waals surface area contributed by atoms with Gasteiger partial charge in [-0.25, -0.2) is 4.98 Å². The van der Waals surface area contributed by atoms with Crippen molar-refractivity contribution in [1.82, 2.24) is 19.4 Å². The maximum atomic E-state index is 12.7. The smallest absolute Gasteiger partial charge is 0.319 e. The van der Waals surface area contributed by atoms with Gasteiger partial charge in [-0.15, -0.1) is 0 Å². The zero-order chi connectivity index (χ0) is 13.0. The summed E-state index contributed by atoms with van der Waals surface area (Å²) in [5.41, 5.74) is 5.50. The zero-order valence-electron chi connectivity index (χ0n) is 10.3. The van der Waals surface area contributed by atoms with Gasteiger partial charge in [0.25, 0.3) is 0 Å². The van der Waals surface area contributed by atoms with Crippen LogP contribution in [0.25, 0.3) is 0 Å². The van der Waals surface area contributed by atoms with E-state index in [4.69, 9.17) is 5.73 Å². The van der Waals surface area contributed by atoms with Crippen LogP contribution >= 0.6 is 0 Å². The Morgan fingerprint density at radius 2 is 1.89 bits per heavy atom. The van der Waals surface area contributed by atoms with E-state index in [0.717, 1.165) is 37.3 Å². The first-order valence-corrected chi connectivity index (χ1v) is 6.15. The van der Waals surface area contributed by atoms with Crippen LogP contribution in [0.1, 0.15) is 12.4 Å². The molecule has 102 valence electrons. The maximum absolute atomic E-state index is 12.7. The minimum atomic E-state index is -2.51. The molecule has 2 N–H and O–H groups in total. The molecule has 1 aliphatic heterocycles. The van der Waals surface area contributed by atoms with Gasteiger partial charge >= 0.3 is 6.55 Å². The zero-order valence-corrected chi connectivity index (χ0v) is 10.3. The van der Waals surface area contributed by atoms with Crippen molar-refractivity contribution in [1.29, 1.82) is 0 Å². The first-order chi connectivity index (χ1) is 8.70. The number of alkyl halides is 2. The van der Waals surface area contributed by atoms with E-state index in [1.54, 1.807) is 0 Å². The van der Waals surface area contributed by atoms with Gasteiger partial charge in [0.1, 0.15) is 5.82 Å². The van der Waals surface area contributed by atoms with Gasteiger partial charge in [0.05, 0.1) is 6.54 Å². The lowest BCUT2D eigenvalue weighted by molar-refractivity contribution is 0.0608.